The van der Waals surface area contributed by atoms with Crippen molar-refractivity contribution in [1.29, 1.82) is 0 Å². The molecule has 7 nitrogen and oxygen atoms in total. The van der Waals surface area contributed by atoms with Crippen molar-refractivity contribution < 1.29 is 17.9 Å². The largest absolute Gasteiger partial charge is 0.379 e. The zero-order chi connectivity index (χ0) is 16.3. The lowest BCUT2D eigenvalue weighted by atomic mass is 10.1. The Morgan fingerprint density at radius 2 is 2.23 bits per heavy atom. The second-order valence-corrected chi connectivity index (χ2v) is 7.93. The maximum Gasteiger partial charge on any atom is 0.253 e. The molecule has 0 spiro atoms. The highest BCUT2D eigenvalue weighted by molar-refractivity contribution is 7.89. The summed E-state index contributed by atoms with van der Waals surface area (Å²) in [7, 11) is -0.394. The van der Waals surface area contributed by atoms with Crippen LogP contribution in [0, 0.1) is 5.92 Å². The molecular formula is C13H18ClN3O4S. The van der Waals surface area contributed by atoms with E-state index in [1.54, 1.807) is 0 Å². The molecule has 0 aliphatic carbocycles. The van der Waals surface area contributed by atoms with Gasteiger partial charge in [0, 0.05) is 32.4 Å². The second kappa shape index (κ2) is 6.91. The van der Waals surface area contributed by atoms with Crippen molar-refractivity contribution in [3.63, 3.8) is 0 Å². The number of hydrogen-bond acceptors (Lipinski definition) is 5. The molecule has 122 valence electrons. The average molecular weight is 348 g/mol. The standard InChI is InChI=1S/C13H18ClN3O4S/c1-17(2)22(19,20)8-9-6-21-7-12(9)16-13(18)10-3-4-15-5-11(10)14/h3-5,9,12H,6-8H2,1-2H3,(H,16,18)/t9-,12+/m0/s1. The first kappa shape index (κ1) is 17.1. The summed E-state index contributed by atoms with van der Waals surface area (Å²) in [6.45, 7) is 0.574. The molecule has 0 aromatic carbocycles. The van der Waals surface area contributed by atoms with Gasteiger partial charge in [-0.15, -0.1) is 0 Å². The molecule has 0 radical (unpaired) electrons. The number of carbonyl (C=O) groups excluding carboxylic acids is 1. The van der Waals surface area contributed by atoms with E-state index in [9.17, 15) is 13.2 Å². The van der Waals surface area contributed by atoms with Gasteiger partial charge in [-0.25, -0.2) is 12.7 Å². The molecule has 9 heteroatoms. The van der Waals surface area contributed by atoms with Crippen LogP contribution < -0.4 is 5.32 Å². The monoisotopic (exact) mass is 347 g/mol. The molecule has 1 amide bonds. The van der Waals surface area contributed by atoms with Crippen LogP contribution in [0.1, 0.15) is 10.4 Å². The number of pyridine rings is 1. The molecule has 1 aromatic rings. The van der Waals surface area contributed by atoms with Crippen LogP contribution in [0.25, 0.3) is 0 Å². The van der Waals surface area contributed by atoms with Gasteiger partial charge in [0.2, 0.25) is 10.0 Å². The fourth-order valence-electron chi connectivity index (χ4n) is 2.15. The molecule has 0 bridgehead atoms. The van der Waals surface area contributed by atoms with E-state index in [0.29, 0.717) is 12.2 Å². The number of ether oxygens (including phenoxy) is 1. The Hall–Kier alpha value is -1.22. The Kier molecular flexibility index (Phi) is 5.38. The van der Waals surface area contributed by atoms with Crippen molar-refractivity contribution in [2.45, 2.75) is 6.04 Å². The van der Waals surface area contributed by atoms with Gasteiger partial charge in [0.25, 0.3) is 5.91 Å². The summed E-state index contributed by atoms with van der Waals surface area (Å²) in [5, 5.41) is 3.04. The first-order chi connectivity index (χ1) is 10.3. The highest BCUT2D eigenvalue weighted by atomic mass is 35.5. The number of aromatic nitrogens is 1. The third-order valence-corrected chi connectivity index (χ3v) is 5.78. The fourth-order valence-corrected chi connectivity index (χ4v) is 3.52. The molecule has 1 N–H and O–H groups in total. The first-order valence-electron chi connectivity index (χ1n) is 6.69. The fraction of sp³-hybridized carbons (Fsp3) is 0.538. The molecular weight excluding hydrogens is 330 g/mol. The number of hydrogen-bond donors (Lipinski definition) is 1. The van der Waals surface area contributed by atoms with Crippen LogP contribution in [0.2, 0.25) is 5.02 Å². The Balaban J connectivity index is 2.06. The van der Waals surface area contributed by atoms with E-state index < -0.39 is 10.0 Å². The first-order valence-corrected chi connectivity index (χ1v) is 8.68. The number of carbonyl (C=O) groups is 1. The van der Waals surface area contributed by atoms with E-state index >= 15 is 0 Å². The molecule has 0 saturated carbocycles. The summed E-state index contributed by atoms with van der Waals surface area (Å²) in [5.41, 5.74) is 0.304. The minimum atomic E-state index is -3.36. The zero-order valence-electron chi connectivity index (χ0n) is 12.3. The molecule has 0 unspecified atom stereocenters. The lowest BCUT2D eigenvalue weighted by Crippen LogP contribution is -2.43. The SMILES string of the molecule is CN(C)S(=O)(=O)C[C@@H]1COC[C@H]1NC(=O)c1ccncc1Cl. The molecule has 2 heterocycles. The Morgan fingerprint density at radius 3 is 2.86 bits per heavy atom. The topological polar surface area (TPSA) is 88.6 Å². The number of rotatable bonds is 5. The van der Waals surface area contributed by atoms with E-state index in [0.717, 1.165) is 0 Å². The maximum atomic E-state index is 12.2. The van der Waals surface area contributed by atoms with Crippen LogP contribution in [-0.2, 0) is 14.8 Å². The lowest BCUT2D eigenvalue weighted by molar-refractivity contribution is 0.0926. The number of nitrogens with one attached hydrogen (secondary N) is 1. The summed E-state index contributed by atoms with van der Waals surface area (Å²) < 4.78 is 30.4. The Bertz CT molecular complexity index is 650. The summed E-state index contributed by atoms with van der Waals surface area (Å²) in [6, 6.07) is 1.14. The molecule has 1 saturated heterocycles. The quantitative estimate of drug-likeness (QED) is 0.831. The predicted molar refractivity (Wildman–Crippen MR) is 82.3 cm³/mol. The number of nitrogens with zero attached hydrogens (tertiary/aromatic N) is 2. The van der Waals surface area contributed by atoms with Crippen LogP contribution in [0.3, 0.4) is 0 Å². The summed E-state index contributed by atoms with van der Waals surface area (Å²) >= 11 is 5.93. The third kappa shape index (κ3) is 3.95. The van der Waals surface area contributed by atoms with E-state index in [4.69, 9.17) is 16.3 Å². The summed E-state index contributed by atoms with van der Waals surface area (Å²) in [6.07, 6.45) is 2.86. The average Bonchev–Trinajstić information content (AvgIpc) is 2.85. The predicted octanol–water partition coefficient (Wildman–Crippen LogP) is 0.371. The van der Waals surface area contributed by atoms with Crippen molar-refractivity contribution in [1.82, 2.24) is 14.6 Å². The number of amides is 1. The summed E-state index contributed by atoms with van der Waals surface area (Å²) in [4.78, 5) is 16.0. The molecule has 2 rings (SSSR count). The van der Waals surface area contributed by atoms with Crippen LogP contribution >= 0.6 is 11.6 Å². The van der Waals surface area contributed by atoms with Gasteiger partial charge < -0.3 is 10.1 Å². The molecule has 1 aliphatic heterocycles. The molecule has 1 aliphatic rings. The zero-order valence-corrected chi connectivity index (χ0v) is 13.9. The molecule has 1 fully saturated rings. The Morgan fingerprint density at radius 1 is 1.50 bits per heavy atom. The summed E-state index contributed by atoms with van der Waals surface area (Å²) in [5.74, 6) is -0.734. The van der Waals surface area contributed by atoms with Gasteiger partial charge in [-0.1, -0.05) is 11.6 Å². The van der Waals surface area contributed by atoms with Gasteiger partial charge in [0.1, 0.15) is 0 Å². The molecule has 2 atom stereocenters. The third-order valence-electron chi connectivity index (χ3n) is 3.51. The van der Waals surface area contributed by atoms with E-state index in [2.05, 4.69) is 10.3 Å². The van der Waals surface area contributed by atoms with Crippen LogP contribution in [0.15, 0.2) is 18.5 Å². The van der Waals surface area contributed by atoms with Gasteiger partial charge >= 0.3 is 0 Å². The Labute approximate surface area is 134 Å². The van der Waals surface area contributed by atoms with Crippen molar-refractivity contribution in [3.05, 3.63) is 29.0 Å². The number of sulfonamides is 1. The van der Waals surface area contributed by atoms with Crippen molar-refractivity contribution in [2.75, 3.05) is 33.1 Å². The van der Waals surface area contributed by atoms with Gasteiger partial charge in [-0.2, -0.15) is 0 Å². The minimum absolute atomic E-state index is 0.0744. The maximum absolute atomic E-state index is 12.2. The van der Waals surface area contributed by atoms with Crippen LogP contribution in [0.4, 0.5) is 0 Å². The number of halogens is 1. The molecule has 22 heavy (non-hydrogen) atoms. The second-order valence-electron chi connectivity index (χ2n) is 5.29. The van der Waals surface area contributed by atoms with Crippen LogP contribution in [-0.4, -0.2) is 62.7 Å². The van der Waals surface area contributed by atoms with Crippen LogP contribution in [0.5, 0.6) is 0 Å². The molecule has 1 aromatic heterocycles. The van der Waals surface area contributed by atoms with Crippen molar-refractivity contribution >= 4 is 27.5 Å². The van der Waals surface area contributed by atoms with E-state index in [-0.39, 0.29) is 35.2 Å². The smallest absolute Gasteiger partial charge is 0.253 e. The highest BCUT2D eigenvalue weighted by Crippen LogP contribution is 2.19. The van der Waals surface area contributed by atoms with Gasteiger partial charge in [-0.05, 0) is 6.07 Å². The van der Waals surface area contributed by atoms with E-state index in [1.807, 2.05) is 0 Å². The minimum Gasteiger partial charge on any atom is -0.379 e. The van der Waals surface area contributed by atoms with Crippen molar-refractivity contribution in [3.8, 4) is 0 Å². The van der Waals surface area contributed by atoms with Crippen molar-refractivity contribution in [2.24, 2.45) is 5.92 Å². The van der Waals surface area contributed by atoms with Gasteiger partial charge in [0.15, 0.2) is 0 Å². The lowest BCUT2D eigenvalue weighted by Gasteiger charge is -2.21. The van der Waals surface area contributed by atoms with E-state index in [1.165, 1.54) is 36.9 Å². The highest BCUT2D eigenvalue weighted by Gasteiger charge is 2.34. The normalized spacial score (nSPS) is 22.0. The van der Waals surface area contributed by atoms with Gasteiger partial charge in [0.05, 0.1) is 35.6 Å². The van der Waals surface area contributed by atoms with Gasteiger partial charge in [-0.3, -0.25) is 9.78 Å².